The normalized spacial score (nSPS) is 13.5. The third-order valence-corrected chi connectivity index (χ3v) is 3.61. The number of carbonyl (C=O) groups is 1. The highest BCUT2D eigenvalue weighted by Gasteiger charge is 2.28. The molecule has 0 bridgehead atoms. The van der Waals surface area contributed by atoms with E-state index in [1.54, 1.807) is 14.0 Å². The van der Waals surface area contributed by atoms with Crippen molar-refractivity contribution in [3.8, 4) is 5.75 Å². The maximum Gasteiger partial charge on any atom is 0.273 e. The quantitative estimate of drug-likeness (QED) is 0.432. The number of primary amides is 1. The van der Waals surface area contributed by atoms with Gasteiger partial charge in [0, 0.05) is 6.07 Å². The minimum atomic E-state index is -0.810. The van der Waals surface area contributed by atoms with Crippen LogP contribution in [0.15, 0.2) is 18.2 Å². The fourth-order valence-electron chi connectivity index (χ4n) is 1.70. The molecule has 0 spiro atoms. The lowest BCUT2D eigenvalue weighted by molar-refractivity contribution is -0.384. The molecule has 0 saturated carbocycles. The lowest BCUT2D eigenvalue weighted by atomic mass is 9.95. The van der Waals surface area contributed by atoms with Gasteiger partial charge in [0.15, 0.2) is 0 Å². The molecule has 0 radical (unpaired) electrons. The summed E-state index contributed by atoms with van der Waals surface area (Å²) in [7, 11) is 1.66. The molecule has 0 heterocycles. The molecule has 3 N–H and O–H groups in total. The summed E-state index contributed by atoms with van der Waals surface area (Å²) >= 11 is 5.91. The largest absolute Gasteiger partial charge is 0.492 e. The van der Waals surface area contributed by atoms with E-state index in [2.05, 4.69) is 5.32 Å². The van der Waals surface area contributed by atoms with Gasteiger partial charge in [-0.15, -0.1) is 0 Å². The third kappa shape index (κ3) is 4.57. The minimum Gasteiger partial charge on any atom is -0.492 e. The molecule has 0 aliphatic carbocycles. The van der Waals surface area contributed by atoms with Crippen molar-refractivity contribution in [1.29, 1.82) is 0 Å². The number of rotatable bonds is 8. The number of hydrogen-bond donors (Lipinski definition) is 2. The molecule has 21 heavy (non-hydrogen) atoms. The van der Waals surface area contributed by atoms with Crippen molar-refractivity contribution in [3.63, 3.8) is 0 Å². The van der Waals surface area contributed by atoms with Gasteiger partial charge in [0.2, 0.25) is 5.91 Å². The number of non-ortho nitro benzene ring substituents is 1. The molecule has 0 aromatic heterocycles. The first kappa shape index (κ1) is 17.2. The number of carbonyl (C=O) groups excluding carboxylic acids is 1. The zero-order chi connectivity index (χ0) is 16.0. The van der Waals surface area contributed by atoms with Crippen LogP contribution < -0.4 is 15.8 Å². The van der Waals surface area contributed by atoms with Crippen LogP contribution in [0.2, 0.25) is 5.02 Å². The van der Waals surface area contributed by atoms with Gasteiger partial charge in [-0.1, -0.05) is 11.6 Å². The van der Waals surface area contributed by atoms with Crippen molar-refractivity contribution in [2.75, 3.05) is 13.7 Å². The van der Waals surface area contributed by atoms with Crippen molar-refractivity contribution in [2.45, 2.75) is 25.3 Å². The Labute approximate surface area is 127 Å². The Balaban J connectivity index is 2.59. The Hall–Kier alpha value is -1.86. The van der Waals surface area contributed by atoms with Crippen molar-refractivity contribution in [2.24, 2.45) is 5.73 Å². The van der Waals surface area contributed by atoms with Crippen LogP contribution in [-0.2, 0) is 4.79 Å². The standard InChI is InChI=1S/C13H18ClN3O4/c1-13(16-2,12(15)18)6-3-7-21-11-8-9(17(19)20)4-5-10(11)14/h4-5,8,16H,3,6-7H2,1-2H3,(H2,15,18). The van der Waals surface area contributed by atoms with E-state index in [0.29, 0.717) is 17.9 Å². The van der Waals surface area contributed by atoms with Crippen LogP contribution in [0.5, 0.6) is 5.75 Å². The number of amides is 1. The molecule has 1 amide bonds. The second-order valence-electron chi connectivity index (χ2n) is 4.77. The average molecular weight is 316 g/mol. The van der Waals surface area contributed by atoms with Gasteiger partial charge in [0.1, 0.15) is 5.75 Å². The Morgan fingerprint density at radius 1 is 1.57 bits per heavy atom. The van der Waals surface area contributed by atoms with Crippen LogP contribution >= 0.6 is 11.6 Å². The fourth-order valence-corrected chi connectivity index (χ4v) is 1.87. The molecule has 1 aromatic carbocycles. The second kappa shape index (κ2) is 7.24. The van der Waals surface area contributed by atoms with E-state index in [4.69, 9.17) is 22.1 Å². The number of ether oxygens (including phenoxy) is 1. The van der Waals surface area contributed by atoms with Gasteiger partial charge in [0.05, 0.1) is 28.2 Å². The number of halogens is 1. The minimum absolute atomic E-state index is 0.0911. The highest BCUT2D eigenvalue weighted by molar-refractivity contribution is 6.32. The van der Waals surface area contributed by atoms with Crippen molar-refractivity contribution >= 4 is 23.2 Å². The number of nitrogens with two attached hydrogens (primary N) is 1. The molecule has 1 rings (SSSR count). The molecule has 0 fully saturated rings. The van der Waals surface area contributed by atoms with Gasteiger partial charge in [-0.2, -0.15) is 0 Å². The van der Waals surface area contributed by atoms with E-state index in [0.717, 1.165) is 0 Å². The SMILES string of the molecule is CNC(C)(CCCOc1cc([N+](=O)[O-])ccc1Cl)C(N)=O. The molecule has 1 atom stereocenters. The van der Waals surface area contributed by atoms with Gasteiger partial charge in [-0.3, -0.25) is 14.9 Å². The molecule has 8 heteroatoms. The van der Waals surface area contributed by atoms with E-state index in [9.17, 15) is 14.9 Å². The number of likely N-dealkylation sites (N-methyl/N-ethyl adjacent to an activating group) is 1. The zero-order valence-electron chi connectivity index (χ0n) is 11.9. The van der Waals surface area contributed by atoms with Crippen molar-refractivity contribution < 1.29 is 14.5 Å². The van der Waals surface area contributed by atoms with Gasteiger partial charge in [-0.25, -0.2) is 0 Å². The number of nitro benzene ring substituents is 1. The predicted octanol–water partition coefficient (Wildman–Crippen LogP) is 1.87. The Kier molecular flexibility index (Phi) is 5.92. The first-order valence-corrected chi connectivity index (χ1v) is 6.73. The summed E-state index contributed by atoms with van der Waals surface area (Å²) in [6, 6.07) is 3.99. The Bertz CT molecular complexity index is 538. The summed E-state index contributed by atoms with van der Waals surface area (Å²) in [5.41, 5.74) is 4.41. The molecule has 1 aromatic rings. The predicted molar refractivity (Wildman–Crippen MR) is 79.5 cm³/mol. The molecule has 116 valence electrons. The number of nitro groups is 1. The summed E-state index contributed by atoms with van der Waals surface area (Å²) in [6.07, 6.45) is 1.02. The van der Waals surface area contributed by atoms with Crippen LogP contribution in [-0.4, -0.2) is 30.0 Å². The zero-order valence-corrected chi connectivity index (χ0v) is 12.6. The summed E-state index contributed by atoms with van der Waals surface area (Å²) in [4.78, 5) is 21.5. The maximum atomic E-state index is 11.3. The first-order chi connectivity index (χ1) is 9.80. The van der Waals surface area contributed by atoms with E-state index in [1.807, 2.05) is 0 Å². The maximum absolute atomic E-state index is 11.3. The van der Waals surface area contributed by atoms with E-state index < -0.39 is 16.4 Å². The number of benzene rings is 1. The van der Waals surface area contributed by atoms with Gasteiger partial charge in [-0.05, 0) is 32.9 Å². The van der Waals surface area contributed by atoms with Crippen LogP contribution in [0.25, 0.3) is 0 Å². The number of nitrogens with zero attached hydrogens (tertiary/aromatic N) is 1. The molecular weight excluding hydrogens is 298 g/mol. The molecule has 1 unspecified atom stereocenters. The van der Waals surface area contributed by atoms with Crippen LogP contribution in [0.1, 0.15) is 19.8 Å². The topological polar surface area (TPSA) is 107 Å². The van der Waals surface area contributed by atoms with E-state index >= 15 is 0 Å². The van der Waals surface area contributed by atoms with Crippen LogP contribution in [0, 0.1) is 10.1 Å². The molecule has 0 aliphatic rings. The highest BCUT2D eigenvalue weighted by atomic mass is 35.5. The van der Waals surface area contributed by atoms with E-state index in [-0.39, 0.29) is 18.0 Å². The summed E-state index contributed by atoms with van der Waals surface area (Å²) < 4.78 is 5.43. The lowest BCUT2D eigenvalue weighted by Crippen LogP contribution is -2.51. The third-order valence-electron chi connectivity index (χ3n) is 3.30. The lowest BCUT2D eigenvalue weighted by Gasteiger charge is -2.25. The molecule has 0 aliphatic heterocycles. The average Bonchev–Trinajstić information content (AvgIpc) is 2.44. The molecular formula is C13H18ClN3O4. The van der Waals surface area contributed by atoms with Crippen molar-refractivity contribution in [1.82, 2.24) is 5.32 Å². The smallest absolute Gasteiger partial charge is 0.273 e. The molecule has 7 nitrogen and oxygen atoms in total. The van der Waals surface area contributed by atoms with Crippen LogP contribution in [0.4, 0.5) is 5.69 Å². The monoisotopic (exact) mass is 315 g/mol. The van der Waals surface area contributed by atoms with E-state index in [1.165, 1.54) is 18.2 Å². The summed E-state index contributed by atoms with van der Waals surface area (Å²) in [6.45, 7) is 1.97. The van der Waals surface area contributed by atoms with Gasteiger partial charge < -0.3 is 15.8 Å². The Morgan fingerprint density at radius 2 is 2.24 bits per heavy atom. The van der Waals surface area contributed by atoms with Crippen molar-refractivity contribution in [3.05, 3.63) is 33.3 Å². The summed E-state index contributed by atoms with van der Waals surface area (Å²) in [5.74, 6) is -0.200. The highest BCUT2D eigenvalue weighted by Crippen LogP contribution is 2.29. The number of hydrogen-bond acceptors (Lipinski definition) is 5. The second-order valence-corrected chi connectivity index (χ2v) is 5.18. The first-order valence-electron chi connectivity index (χ1n) is 6.35. The Morgan fingerprint density at radius 3 is 2.76 bits per heavy atom. The van der Waals surface area contributed by atoms with Gasteiger partial charge >= 0.3 is 0 Å². The fraction of sp³-hybridized carbons (Fsp3) is 0.462. The summed E-state index contributed by atoms with van der Waals surface area (Å²) in [5, 5.41) is 13.9. The van der Waals surface area contributed by atoms with Crippen LogP contribution in [0.3, 0.4) is 0 Å². The van der Waals surface area contributed by atoms with Gasteiger partial charge in [0.25, 0.3) is 5.69 Å². The number of nitrogens with one attached hydrogen (secondary N) is 1. The molecule has 0 saturated heterocycles.